The van der Waals surface area contributed by atoms with Gasteiger partial charge in [-0.3, -0.25) is 4.79 Å². The van der Waals surface area contributed by atoms with Crippen molar-refractivity contribution < 1.29 is 18.7 Å². The number of nitrogens with zero attached hydrogens (tertiary/aromatic N) is 1. The normalized spacial score (nSPS) is 15.8. The van der Waals surface area contributed by atoms with Gasteiger partial charge in [-0.05, 0) is 66.0 Å². The quantitative estimate of drug-likeness (QED) is 0.466. The molecule has 2 aromatic carbocycles. The molecule has 0 unspecified atom stereocenters. The van der Waals surface area contributed by atoms with Crippen LogP contribution in [-0.2, 0) is 24.2 Å². The molecule has 1 saturated heterocycles. The smallest absolute Gasteiger partial charge is 0.217 e. The number of hydrogen-bond donors (Lipinski definition) is 3. The first-order valence-corrected chi connectivity index (χ1v) is 12.5. The van der Waals surface area contributed by atoms with Gasteiger partial charge >= 0.3 is 0 Å². The van der Waals surface area contributed by atoms with E-state index in [0.29, 0.717) is 12.1 Å². The van der Waals surface area contributed by atoms with Gasteiger partial charge in [0, 0.05) is 44.9 Å². The Balaban J connectivity index is 1.69. The number of carbonyl (C=O) groups excluding carboxylic acids is 1. The summed E-state index contributed by atoms with van der Waals surface area (Å²) in [5.41, 5.74) is 4.24. The zero-order valence-electron chi connectivity index (χ0n) is 21.3. The van der Waals surface area contributed by atoms with Gasteiger partial charge in [-0.25, -0.2) is 8.78 Å². The highest BCUT2D eigenvalue weighted by atomic mass is 19.1. The average Bonchev–Trinajstić information content (AvgIpc) is 3.26. The number of nitrogens with one attached hydrogen (secondary N) is 2. The fourth-order valence-corrected chi connectivity index (χ4v) is 4.79. The van der Waals surface area contributed by atoms with E-state index in [1.807, 2.05) is 0 Å². The van der Waals surface area contributed by atoms with Gasteiger partial charge in [-0.15, -0.1) is 0 Å². The van der Waals surface area contributed by atoms with E-state index in [9.17, 15) is 18.7 Å². The van der Waals surface area contributed by atoms with E-state index in [-0.39, 0.29) is 24.3 Å². The average molecular weight is 488 g/mol. The number of hydrogen-bond acceptors (Lipinski definition) is 4. The summed E-state index contributed by atoms with van der Waals surface area (Å²) in [4.78, 5) is 14.1. The summed E-state index contributed by atoms with van der Waals surface area (Å²) in [5.74, 6) is -1.67. The Morgan fingerprint density at radius 1 is 1.06 bits per heavy atom. The SMILES string of the molecule is CC(=O)N[C@@H](Cc1cc(F)cc(F)c1)[C@H](O)CNCc1cc(CC(C)(C)C)ccc1N1CCCC1. The van der Waals surface area contributed by atoms with Gasteiger partial charge < -0.3 is 20.6 Å². The predicted molar refractivity (Wildman–Crippen MR) is 136 cm³/mol. The van der Waals surface area contributed by atoms with E-state index in [1.165, 1.54) is 48.7 Å². The fourth-order valence-electron chi connectivity index (χ4n) is 4.79. The van der Waals surface area contributed by atoms with Crippen LogP contribution in [0.25, 0.3) is 0 Å². The third-order valence-electron chi connectivity index (χ3n) is 6.23. The second-order valence-electron chi connectivity index (χ2n) is 10.9. The number of benzene rings is 2. The number of amides is 1. The van der Waals surface area contributed by atoms with Crippen molar-refractivity contribution in [1.29, 1.82) is 0 Å². The van der Waals surface area contributed by atoms with E-state index in [1.54, 1.807) is 0 Å². The number of halogens is 2. The van der Waals surface area contributed by atoms with Crippen molar-refractivity contribution in [2.24, 2.45) is 5.41 Å². The Bertz CT molecular complexity index is 980. The zero-order chi connectivity index (χ0) is 25.6. The highest BCUT2D eigenvalue weighted by molar-refractivity contribution is 5.73. The molecule has 2 atom stereocenters. The second kappa shape index (κ2) is 12.0. The van der Waals surface area contributed by atoms with Crippen LogP contribution in [0.5, 0.6) is 0 Å². The van der Waals surface area contributed by atoms with Gasteiger partial charge in [0.15, 0.2) is 0 Å². The van der Waals surface area contributed by atoms with E-state index in [4.69, 9.17) is 0 Å². The van der Waals surface area contributed by atoms with Crippen LogP contribution >= 0.6 is 0 Å². The summed E-state index contributed by atoms with van der Waals surface area (Å²) < 4.78 is 27.3. The Labute approximate surface area is 207 Å². The number of carbonyl (C=O) groups is 1. The Kier molecular flexibility index (Phi) is 9.25. The summed E-state index contributed by atoms with van der Waals surface area (Å²) >= 11 is 0. The Morgan fingerprint density at radius 2 is 1.71 bits per heavy atom. The lowest BCUT2D eigenvalue weighted by molar-refractivity contribution is -0.120. The summed E-state index contributed by atoms with van der Waals surface area (Å²) in [5, 5.41) is 16.9. The van der Waals surface area contributed by atoms with E-state index < -0.39 is 23.8 Å². The minimum Gasteiger partial charge on any atom is -0.390 e. The topological polar surface area (TPSA) is 64.6 Å². The molecule has 192 valence electrons. The van der Waals surface area contributed by atoms with Crippen LogP contribution in [0.1, 0.15) is 57.2 Å². The molecule has 0 radical (unpaired) electrons. The molecule has 1 aliphatic rings. The monoisotopic (exact) mass is 487 g/mol. The lowest BCUT2D eigenvalue weighted by Crippen LogP contribution is -2.48. The Morgan fingerprint density at radius 3 is 2.31 bits per heavy atom. The largest absolute Gasteiger partial charge is 0.390 e. The predicted octanol–water partition coefficient (Wildman–Crippen LogP) is 4.35. The van der Waals surface area contributed by atoms with Crippen LogP contribution in [0, 0.1) is 17.0 Å². The summed E-state index contributed by atoms with van der Waals surface area (Å²) in [6.07, 6.45) is 2.54. The molecule has 0 aliphatic carbocycles. The number of anilines is 1. The maximum absolute atomic E-state index is 13.6. The Hall–Kier alpha value is -2.51. The molecule has 0 spiro atoms. The summed E-state index contributed by atoms with van der Waals surface area (Å²) in [6, 6.07) is 9.24. The van der Waals surface area contributed by atoms with Crippen LogP contribution in [0.15, 0.2) is 36.4 Å². The van der Waals surface area contributed by atoms with Gasteiger partial charge in [-0.1, -0.05) is 32.9 Å². The van der Waals surface area contributed by atoms with Gasteiger partial charge in [0.05, 0.1) is 12.1 Å². The van der Waals surface area contributed by atoms with Crippen molar-refractivity contribution in [3.8, 4) is 0 Å². The first-order valence-electron chi connectivity index (χ1n) is 12.5. The molecule has 3 rings (SSSR count). The molecule has 0 bridgehead atoms. The molecule has 2 aromatic rings. The van der Waals surface area contributed by atoms with Crippen molar-refractivity contribution in [3.63, 3.8) is 0 Å². The van der Waals surface area contributed by atoms with Crippen LogP contribution < -0.4 is 15.5 Å². The maximum atomic E-state index is 13.6. The van der Waals surface area contributed by atoms with Crippen LogP contribution in [0.3, 0.4) is 0 Å². The minimum atomic E-state index is -0.932. The molecular weight excluding hydrogens is 448 g/mol. The van der Waals surface area contributed by atoms with Gasteiger partial charge in [0.2, 0.25) is 5.91 Å². The molecule has 1 fully saturated rings. The van der Waals surface area contributed by atoms with Gasteiger partial charge in [0.25, 0.3) is 0 Å². The standard InChI is InChI=1S/C28H39F2N3O2/c1-19(34)32-25(14-21-12-23(29)15-24(30)13-21)27(35)18-31-17-22-11-20(16-28(2,3)4)7-8-26(22)33-9-5-6-10-33/h7-8,11-13,15,25,27,31,35H,5-6,9-10,14,16-18H2,1-4H3,(H,32,34)/t25-,27+/m0/s1. The summed E-state index contributed by atoms with van der Waals surface area (Å²) in [7, 11) is 0. The van der Waals surface area contributed by atoms with Gasteiger partial charge in [-0.2, -0.15) is 0 Å². The molecule has 35 heavy (non-hydrogen) atoms. The van der Waals surface area contributed by atoms with Gasteiger partial charge in [0.1, 0.15) is 11.6 Å². The lowest BCUT2D eigenvalue weighted by atomic mass is 9.87. The first kappa shape index (κ1) is 27.1. The molecule has 0 aromatic heterocycles. The van der Waals surface area contributed by atoms with E-state index in [0.717, 1.165) is 25.6 Å². The first-order chi connectivity index (χ1) is 16.5. The highest BCUT2D eigenvalue weighted by Crippen LogP contribution is 2.28. The van der Waals surface area contributed by atoms with E-state index >= 15 is 0 Å². The molecule has 1 heterocycles. The fraction of sp³-hybridized carbons (Fsp3) is 0.536. The van der Waals surface area contributed by atoms with Crippen molar-refractivity contribution in [3.05, 3.63) is 64.7 Å². The summed E-state index contributed by atoms with van der Waals surface area (Å²) in [6.45, 7) is 10.9. The van der Waals surface area contributed by atoms with E-state index in [2.05, 4.69) is 54.5 Å². The molecule has 1 amide bonds. The lowest BCUT2D eigenvalue weighted by Gasteiger charge is -2.26. The third-order valence-corrected chi connectivity index (χ3v) is 6.23. The van der Waals surface area contributed by atoms with Crippen LogP contribution in [-0.4, -0.2) is 42.8 Å². The second-order valence-corrected chi connectivity index (χ2v) is 10.9. The third kappa shape index (κ3) is 8.58. The molecule has 1 aliphatic heterocycles. The molecule has 3 N–H and O–H groups in total. The van der Waals surface area contributed by atoms with Crippen molar-refractivity contribution in [2.45, 2.75) is 72.1 Å². The molecular formula is C28H39F2N3O2. The number of rotatable bonds is 10. The van der Waals surface area contributed by atoms with Crippen molar-refractivity contribution in [1.82, 2.24) is 10.6 Å². The minimum absolute atomic E-state index is 0.122. The number of aliphatic hydroxyl groups excluding tert-OH is 1. The maximum Gasteiger partial charge on any atom is 0.217 e. The molecule has 7 heteroatoms. The highest BCUT2D eigenvalue weighted by Gasteiger charge is 2.22. The zero-order valence-corrected chi connectivity index (χ0v) is 21.3. The van der Waals surface area contributed by atoms with Crippen LogP contribution in [0.2, 0.25) is 0 Å². The molecule has 0 saturated carbocycles. The molecule has 5 nitrogen and oxygen atoms in total. The number of aliphatic hydroxyl groups is 1. The van der Waals surface area contributed by atoms with Crippen LogP contribution in [0.4, 0.5) is 14.5 Å². The van der Waals surface area contributed by atoms with Crippen molar-refractivity contribution in [2.75, 3.05) is 24.5 Å². The van der Waals surface area contributed by atoms with Crippen molar-refractivity contribution >= 4 is 11.6 Å².